The van der Waals surface area contributed by atoms with E-state index in [1.54, 1.807) is 10.7 Å². The average molecular weight is 335 g/mol. The minimum Gasteiger partial charge on any atom is -0.396 e. The summed E-state index contributed by atoms with van der Waals surface area (Å²) in [4.78, 5) is 12.6. The lowest BCUT2D eigenvalue weighted by Crippen LogP contribution is -2.22. The van der Waals surface area contributed by atoms with Crippen LogP contribution in [0.5, 0.6) is 0 Å². The number of aromatic nitrogens is 5. The summed E-state index contributed by atoms with van der Waals surface area (Å²) in [7, 11) is 0. The van der Waals surface area contributed by atoms with E-state index in [0.29, 0.717) is 24.1 Å². The fraction of sp³-hybridized carbons (Fsp3) is 0.222. The fourth-order valence-electron chi connectivity index (χ4n) is 3.05. The first-order valence-electron chi connectivity index (χ1n) is 8.12. The van der Waals surface area contributed by atoms with E-state index in [1.807, 2.05) is 43.3 Å². The molecule has 0 aliphatic heterocycles. The molecule has 0 atom stereocenters. The predicted octanol–water partition coefficient (Wildman–Crippen LogP) is 1.80. The van der Waals surface area contributed by atoms with Gasteiger partial charge < -0.3 is 9.67 Å². The Labute approximate surface area is 143 Å². The average Bonchev–Trinajstić information content (AvgIpc) is 2.98. The van der Waals surface area contributed by atoms with E-state index in [2.05, 4.69) is 15.3 Å². The summed E-state index contributed by atoms with van der Waals surface area (Å²) in [5.74, 6) is 0. The molecule has 0 saturated heterocycles. The number of hydrogen-bond acceptors (Lipinski definition) is 5. The summed E-state index contributed by atoms with van der Waals surface area (Å²) >= 11 is 0. The third kappa shape index (κ3) is 2.49. The molecule has 0 spiro atoms. The van der Waals surface area contributed by atoms with Gasteiger partial charge in [-0.15, -0.1) is 10.2 Å². The molecule has 0 amide bonds. The van der Waals surface area contributed by atoms with Gasteiger partial charge in [0.15, 0.2) is 11.2 Å². The van der Waals surface area contributed by atoms with Crippen LogP contribution >= 0.6 is 0 Å². The van der Waals surface area contributed by atoms with Gasteiger partial charge in [-0.2, -0.15) is 5.10 Å². The van der Waals surface area contributed by atoms with Crippen molar-refractivity contribution in [2.45, 2.75) is 19.9 Å². The highest BCUT2D eigenvalue weighted by Crippen LogP contribution is 2.27. The minimum atomic E-state index is -0.227. The molecule has 4 aromatic rings. The van der Waals surface area contributed by atoms with E-state index >= 15 is 0 Å². The Balaban J connectivity index is 1.97. The Morgan fingerprint density at radius 2 is 1.92 bits per heavy atom. The number of nitrogens with zero attached hydrogens (tertiary/aromatic N) is 5. The number of aliphatic hydroxyl groups is 1. The van der Waals surface area contributed by atoms with Crippen LogP contribution in [0.1, 0.15) is 12.1 Å². The van der Waals surface area contributed by atoms with Gasteiger partial charge in [0.25, 0.3) is 5.56 Å². The molecule has 25 heavy (non-hydrogen) atoms. The van der Waals surface area contributed by atoms with Gasteiger partial charge in [0.05, 0.1) is 11.3 Å². The first-order chi connectivity index (χ1) is 12.2. The molecule has 0 aliphatic rings. The first kappa shape index (κ1) is 15.5. The largest absolute Gasteiger partial charge is 0.396 e. The third-order valence-corrected chi connectivity index (χ3v) is 4.25. The van der Waals surface area contributed by atoms with Gasteiger partial charge in [-0.1, -0.05) is 30.3 Å². The zero-order chi connectivity index (χ0) is 17.4. The van der Waals surface area contributed by atoms with Crippen LogP contribution < -0.4 is 5.56 Å². The van der Waals surface area contributed by atoms with E-state index in [4.69, 9.17) is 5.11 Å². The molecule has 0 bridgehead atoms. The van der Waals surface area contributed by atoms with Gasteiger partial charge in [-0.3, -0.25) is 4.79 Å². The van der Waals surface area contributed by atoms with Crippen molar-refractivity contribution in [1.82, 2.24) is 24.4 Å². The molecular formula is C18H17N5O2. The van der Waals surface area contributed by atoms with Crippen molar-refractivity contribution in [1.29, 1.82) is 0 Å². The highest BCUT2D eigenvalue weighted by atomic mass is 16.3. The van der Waals surface area contributed by atoms with Crippen LogP contribution in [0.25, 0.3) is 27.8 Å². The van der Waals surface area contributed by atoms with Crippen molar-refractivity contribution in [2.75, 3.05) is 6.61 Å². The summed E-state index contributed by atoms with van der Waals surface area (Å²) in [5, 5.41) is 22.0. The predicted molar refractivity (Wildman–Crippen MR) is 94.4 cm³/mol. The zero-order valence-corrected chi connectivity index (χ0v) is 13.8. The maximum atomic E-state index is 12.6. The van der Waals surface area contributed by atoms with Crippen LogP contribution in [-0.2, 0) is 6.54 Å². The second-order valence-electron chi connectivity index (χ2n) is 5.89. The summed E-state index contributed by atoms with van der Waals surface area (Å²) in [6, 6.07) is 11.7. The van der Waals surface area contributed by atoms with E-state index in [9.17, 15) is 4.79 Å². The minimum absolute atomic E-state index is 0.0357. The maximum Gasteiger partial charge on any atom is 0.280 e. The van der Waals surface area contributed by atoms with E-state index < -0.39 is 0 Å². The summed E-state index contributed by atoms with van der Waals surface area (Å²) < 4.78 is 3.21. The molecule has 0 aliphatic carbocycles. The van der Waals surface area contributed by atoms with Crippen molar-refractivity contribution < 1.29 is 5.11 Å². The lowest BCUT2D eigenvalue weighted by molar-refractivity contribution is 0.279. The molecule has 7 nitrogen and oxygen atoms in total. The molecule has 4 rings (SSSR count). The summed E-state index contributed by atoms with van der Waals surface area (Å²) in [6.45, 7) is 2.40. The van der Waals surface area contributed by atoms with E-state index in [0.717, 1.165) is 16.8 Å². The highest BCUT2D eigenvalue weighted by molar-refractivity contribution is 5.84. The molecular weight excluding hydrogens is 318 g/mol. The normalized spacial score (nSPS) is 11.4. The van der Waals surface area contributed by atoms with E-state index in [1.165, 1.54) is 4.57 Å². The number of pyridine rings is 1. The van der Waals surface area contributed by atoms with Gasteiger partial charge in [0, 0.05) is 19.3 Å². The lowest BCUT2D eigenvalue weighted by atomic mass is 10.1. The number of hydrogen-bond donors (Lipinski definition) is 1. The molecule has 0 fully saturated rings. The molecule has 0 saturated carbocycles. The number of aliphatic hydroxyl groups excluding tert-OH is 1. The Morgan fingerprint density at radius 1 is 1.12 bits per heavy atom. The van der Waals surface area contributed by atoms with Crippen molar-refractivity contribution in [3.8, 4) is 11.1 Å². The Kier molecular flexibility index (Phi) is 3.77. The molecule has 126 valence electrons. The van der Waals surface area contributed by atoms with Crippen LogP contribution in [0.3, 0.4) is 0 Å². The van der Waals surface area contributed by atoms with Gasteiger partial charge in [0.2, 0.25) is 0 Å². The van der Waals surface area contributed by atoms with Crippen molar-refractivity contribution in [3.63, 3.8) is 0 Å². The molecule has 1 aromatic carbocycles. The van der Waals surface area contributed by atoms with Crippen molar-refractivity contribution in [2.24, 2.45) is 0 Å². The van der Waals surface area contributed by atoms with Crippen LogP contribution in [0.2, 0.25) is 0 Å². The van der Waals surface area contributed by atoms with Crippen LogP contribution in [0.15, 0.2) is 47.4 Å². The second-order valence-corrected chi connectivity index (χ2v) is 5.89. The highest BCUT2D eigenvalue weighted by Gasteiger charge is 2.17. The van der Waals surface area contributed by atoms with Gasteiger partial charge >= 0.3 is 0 Å². The molecule has 0 radical (unpaired) electrons. The van der Waals surface area contributed by atoms with Crippen LogP contribution in [-0.4, -0.2) is 36.1 Å². The maximum absolute atomic E-state index is 12.6. The van der Waals surface area contributed by atoms with Gasteiger partial charge in [-0.05, 0) is 25.0 Å². The zero-order valence-electron chi connectivity index (χ0n) is 13.8. The first-order valence-corrected chi connectivity index (χ1v) is 8.12. The second kappa shape index (κ2) is 6.10. The molecule has 3 aromatic heterocycles. The van der Waals surface area contributed by atoms with Crippen LogP contribution in [0, 0.1) is 6.92 Å². The molecule has 3 heterocycles. The molecule has 7 heteroatoms. The van der Waals surface area contributed by atoms with Gasteiger partial charge in [0.1, 0.15) is 5.52 Å². The van der Waals surface area contributed by atoms with Crippen molar-refractivity contribution in [3.05, 3.63) is 58.6 Å². The van der Waals surface area contributed by atoms with Gasteiger partial charge in [-0.25, -0.2) is 4.52 Å². The van der Waals surface area contributed by atoms with Crippen molar-refractivity contribution >= 4 is 16.7 Å². The van der Waals surface area contributed by atoms with E-state index in [-0.39, 0.29) is 17.7 Å². The lowest BCUT2D eigenvalue weighted by Gasteiger charge is -2.06. The quantitative estimate of drug-likeness (QED) is 0.615. The summed E-state index contributed by atoms with van der Waals surface area (Å²) in [5.41, 5.74) is 4.06. The SMILES string of the molecule is Cc1nn2c(nnc3c(=O)n(CCCO)ccc32)c1-c1ccccc1. The molecule has 0 unspecified atom stereocenters. The Bertz CT molecular complexity index is 1120. The Hall–Kier alpha value is -3.06. The summed E-state index contributed by atoms with van der Waals surface area (Å²) in [6.07, 6.45) is 2.22. The fourth-order valence-corrected chi connectivity index (χ4v) is 3.05. The topological polar surface area (TPSA) is 85.3 Å². The number of fused-ring (bicyclic) bond motifs is 3. The molecule has 1 N–H and O–H groups in total. The third-order valence-electron chi connectivity index (χ3n) is 4.25. The monoisotopic (exact) mass is 335 g/mol. The Morgan fingerprint density at radius 3 is 2.68 bits per heavy atom. The van der Waals surface area contributed by atoms with Crippen LogP contribution in [0.4, 0.5) is 0 Å². The standard InChI is InChI=1S/C18H17N5O2/c1-12-15(13-6-3-2-4-7-13)17-20-19-16-14(23(17)21-12)8-10-22(18(16)25)9-5-11-24/h2-4,6-8,10,24H,5,9,11H2,1H3. The number of rotatable bonds is 4. The number of aryl methyl sites for hydroxylation is 2. The number of benzene rings is 1. The smallest absolute Gasteiger partial charge is 0.280 e.